The predicted molar refractivity (Wildman–Crippen MR) is 62.0 cm³/mol. The van der Waals surface area contributed by atoms with E-state index < -0.39 is 17.7 Å². The van der Waals surface area contributed by atoms with E-state index in [0.717, 1.165) is 12.1 Å². The quantitative estimate of drug-likeness (QED) is 0.360. The van der Waals surface area contributed by atoms with Crippen LogP contribution in [0, 0.1) is 11.6 Å². The van der Waals surface area contributed by atoms with Gasteiger partial charge in [-0.05, 0) is 24.1 Å². The number of urea groups is 1. The summed E-state index contributed by atoms with van der Waals surface area (Å²) in [6.45, 7) is 0.551. The van der Waals surface area contributed by atoms with Crippen LogP contribution in [-0.2, 0) is 0 Å². The molecule has 6 nitrogen and oxygen atoms in total. The molecular weight excluding hydrogens is 244 g/mol. The molecule has 2 amide bonds. The zero-order chi connectivity index (χ0) is 13.4. The molecule has 0 fully saturated rings. The Balaban J connectivity index is 2.37. The summed E-state index contributed by atoms with van der Waals surface area (Å²) < 4.78 is 25.8. The van der Waals surface area contributed by atoms with Crippen molar-refractivity contribution in [2.24, 2.45) is 5.11 Å². The highest BCUT2D eigenvalue weighted by Crippen LogP contribution is 2.14. The SMILES string of the molecule is [N-]=[N+]=NCCCNC(=O)Nc1ccc(F)cc1F. The standard InChI is InChI=1S/C10H11F2N5O/c11-7-2-3-9(8(12)6-7)16-10(18)14-4-1-5-15-17-13/h2-3,6H,1,4-5H2,(H2,14,16,18). The maximum atomic E-state index is 13.2. The van der Waals surface area contributed by atoms with Crippen LogP contribution in [-0.4, -0.2) is 19.1 Å². The summed E-state index contributed by atoms with van der Waals surface area (Å²) in [5.74, 6) is -1.56. The van der Waals surface area contributed by atoms with Crippen LogP contribution in [0.2, 0.25) is 0 Å². The lowest BCUT2D eigenvalue weighted by Gasteiger charge is -2.07. The molecule has 0 aliphatic rings. The highest BCUT2D eigenvalue weighted by Gasteiger charge is 2.06. The van der Waals surface area contributed by atoms with Gasteiger partial charge >= 0.3 is 6.03 Å². The van der Waals surface area contributed by atoms with Gasteiger partial charge in [0.05, 0.1) is 5.69 Å². The Morgan fingerprint density at radius 2 is 2.22 bits per heavy atom. The molecule has 1 aromatic rings. The summed E-state index contributed by atoms with van der Waals surface area (Å²) in [6.07, 6.45) is 0.476. The van der Waals surface area contributed by atoms with Gasteiger partial charge < -0.3 is 10.6 Å². The highest BCUT2D eigenvalue weighted by molar-refractivity contribution is 5.89. The first-order chi connectivity index (χ1) is 8.63. The number of halogens is 2. The fraction of sp³-hybridized carbons (Fsp3) is 0.300. The summed E-state index contributed by atoms with van der Waals surface area (Å²) in [5.41, 5.74) is 7.90. The maximum Gasteiger partial charge on any atom is 0.319 e. The molecule has 0 aliphatic heterocycles. The number of hydrogen-bond donors (Lipinski definition) is 2. The molecule has 1 aromatic carbocycles. The highest BCUT2D eigenvalue weighted by atomic mass is 19.1. The smallest absolute Gasteiger partial charge is 0.319 e. The molecule has 0 unspecified atom stereocenters. The normalized spacial score (nSPS) is 9.44. The summed E-state index contributed by atoms with van der Waals surface area (Å²) >= 11 is 0. The largest absolute Gasteiger partial charge is 0.338 e. The molecule has 2 N–H and O–H groups in total. The van der Waals surface area contributed by atoms with E-state index in [-0.39, 0.29) is 18.8 Å². The van der Waals surface area contributed by atoms with Crippen LogP contribution in [0.1, 0.15) is 6.42 Å². The number of hydrogen-bond acceptors (Lipinski definition) is 2. The van der Waals surface area contributed by atoms with Crippen molar-refractivity contribution in [3.63, 3.8) is 0 Å². The Morgan fingerprint density at radius 3 is 2.89 bits per heavy atom. The molecule has 96 valence electrons. The third kappa shape index (κ3) is 4.67. The summed E-state index contributed by atoms with van der Waals surface area (Å²) in [5, 5.41) is 7.95. The lowest BCUT2D eigenvalue weighted by atomic mass is 10.3. The van der Waals surface area contributed by atoms with Crippen molar-refractivity contribution in [2.45, 2.75) is 6.42 Å². The van der Waals surface area contributed by atoms with Gasteiger partial charge in [-0.15, -0.1) is 0 Å². The van der Waals surface area contributed by atoms with Crippen LogP contribution < -0.4 is 10.6 Å². The van der Waals surface area contributed by atoms with E-state index in [4.69, 9.17) is 5.53 Å². The van der Waals surface area contributed by atoms with Crippen LogP contribution in [0.4, 0.5) is 19.3 Å². The average molecular weight is 255 g/mol. The average Bonchev–Trinajstić information content (AvgIpc) is 2.32. The third-order valence-electron chi connectivity index (χ3n) is 1.96. The minimum absolute atomic E-state index is 0.107. The number of nitrogens with one attached hydrogen (secondary N) is 2. The van der Waals surface area contributed by atoms with Gasteiger partial charge in [-0.2, -0.15) is 0 Å². The number of nitrogens with zero attached hydrogens (tertiary/aromatic N) is 3. The van der Waals surface area contributed by atoms with E-state index in [1.165, 1.54) is 0 Å². The molecule has 0 aromatic heterocycles. The van der Waals surface area contributed by atoms with Crippen LogP contribution >= 0.6 is 0 Å². The van der Waals surface area contributed by atoms with Gasteiger partial charge in [0.25, 0.3) is 0 Å². The number of amides is 2. The topological polar surface area (TPSA) is 89.9 Å². The van der Waals surface area contributed by atoms with Crippen LogP contribution in [0.15, 0.2) is 23.3 Å². The molecule has 18 heavy (non-hydrogen) atoms. The van der Waals surface area contributed by atoms with Gasteiger partial charge in [0.1, 0.15) is 11.6 Å². The summed E-state index contributed by atoms with van der Waals surface area (Å²) in [4.78, 5) is 13.8. The zero-order valence-corrected chi connectivity index (χ0v) is 9.36. The van der Waals surface area contributed by atoms with E-state index in [1.807, 2.05) is 0 Å². The number of azide groups is 1. The number of benzene rings is 1. The zero-order valence-electron chi connectivity index (χ0n) is 9.36. The van der Waals surface area contributed by atoms with Crippen LogP contribution in [0.3, 0.4) is 0 Å². The van der Waals surface area contributed by atoms with Crippen molar-refractivity contribution in [3.05, 3.63) is 40.3 Å². The minimum Gasteiger partial charge on any atom is -0.338 e. The van der Waals surface area contributed by atoms with Crippen molar-refractivity contribution >= 4 is 11.7 Å². The lowest BCUT2D eigenvalue weighted by molar-refractivity contribution is 0.252. The van der Waals surface area contributed by atoms with Crippen LogP contribution in [0.25, 0.3) is 10.4 Å². The Labute approximate surface area is 102 Å². The molecule has 0 spiro atoms. The molecule has 0 atom stereocenters. The van der Waals surface area contributed by atoms with Gasteiger partial charge in [0.2, 0.25) is 0 Å². The van der Waals surface area contributed by atoms with Crippen molar-refractivity contribution in [1.82, 2.24) is 5.32 Å². The van der Waals surface area contributed by atoms with E-state index in [1.54, 1.807) is 0 Å². The first kappa shape index (κ1) is 13.7. The number of carbonyl (C=O) groups excluding carboxylic acids is 1. The summed E-state index contributed by atoms with van der Waals surface area (Å²) in [6, 6.07) is 2.24. The Bertz CT molecular complexity index is 473. The molecule has 0 aliphatic carbocycles. The first-order valence-electron chi connectivity index (χ1n) is 5.14. The predicted octanol–water partition coefficient (Wildman–Crippen LogP) is 2.79. The number of carbonyl (C=O) groups is 1. The Kier molecular flexibility index (Phi) is 5.40. The van der Waals surface area contributed by atoms with Gasteiger partial charge in [0, 0.05) is 24.1 Å². The Hall–Kier alpha value is -2.34. The molecular formula is C10H11F2N5O. The summed E-state index contributed by atoms with van der Waals surface area (Å²) in [7, 11) is 0. The maximum absolute atomic E-state index is 13.2. The van der Waals surface area contributed by atoms with E-state index in [2.05, 4.69) is 20.7 Å². The fourth-order valence-electron chi connectivity index (χ4n) is 1.15. The van der Waals surface area contributed by atoms with Crippen molar-refractivity contribution < 1.29 is 13.6 Å². The second-order valence-electron chi connectivity index (χ2n) is 3.31. The molecule has 0 saturated heterocycles. The monoisotopic (exact) mass is 255 g/mol. The van der Waals surface area contributed by atoms with Gasteiger partial charge in [0.15, 0.2) is 0 Å². The first-order valence-corrected chi connectivity index (χ1v) is 5.14. The van der Waals surface area contributed by atoms with Gasteiger partial charge in [-0.1, -0.05) is 5.11 Å². The van der Waals surface area contributed by atoms with E-state index >= 15 is 0 Å². The van der Waals surface area contributed by atoms with Gasteiger partial charge in [-0.3, -0.25) is 0 Å². The second-order valence-corrected chi connectivity index (χ2v) is 3.31. The molecule has 1 rings (SSSR count). The molecule has 0 saturated carbocycles. The van der Waals surface area contributed by atoms with Crippen molar-refractivity contribution in [3.8, 4) is 0 Å². The molecule has 0 heterocycles. The Morgan fingerprint density at radius 1 is 1.44 bits per heavy atom. The molecule has 0 radical (unpaired) electrons. The number of anilines is 1. The second kappa shape index (κ2) is 7.08. The van der Waals surface area contributed by atoms with E-state index in [0.29, 0.717) is 12.5 Å². The van der Waals surface area contributed by atoms with E-state index in [9.17, 15) is 13.6 Å². The minimum atomic E-state index is -0.848. The number of rotatable bonds is 5. The van der Waals surface area contributed by atoms with Gasteiger partial charge in [-0.25, -0.2) is 13.6 Å². The lowest BCUT2D eigenvalue weighted by Crippen LogP contribution is -2.30. The molecule has 0 bridgehead atoms. The van der Waals surface area contributed by atoms with Crippen molar-refractivity contribution in [1.29, 1.82) is 0 Å². The van der Waals surface area contributed by atoms with Crippen LogP contribution in [0.5, 0.6) is 0 Å². The third-order valence-corrected chi connectivity index (χ3v) is 1.96. The van der Waals surface area contributed by atoms with Crippen molar-refractivity contribution in [2.75, 3.05) is 18.4 Å². The molecule has 8 heteroatoms. The fourth-order valence-corrected chi connectivity index (χ4v) is 1.15.